The summed E-state index contributed by atoms with van der Waals surface area (Å²) < 4.78 is 43.0. The van der Waals surface area contributed by atoms with Crippen LogP contribution < -0.4 is 0 Å². The standard InChI is InChI=1S/C24H22FN3O3S/c1-17-3-2-4-22(11-17)32(30,31)27-10-9-19-12-23-18(13-24(19,15-27)16-29)14-26-28(23)21-7-5-20(25)6-8-21/h2-8,11-12,14,16H,9-10,13,15H2,1H3. The molecule has 2 aliphatic rings. The average molecular weight is 452 g/mol. The van der Waals surface area contributed by atoms with E-state index < -0.39 is 15.4 Å². The second-order valence-corrected chi connectivity index (χ2v) is 10.4. The molecule has 0 spiro atoms. The van der Waals surface area contributed by atoms with Gasteiger partial charge in [0.2, 0.25) is 10.0 Å². The van der Waals surface area contributed by atoms with E-state index in [1.165, 1.54) is 16.4 Å². The first-order valence-electron chi connectivity index (χ1n) is 10.4. The van der Waals surface area contributed by atoms with Crippen molar-refractivity contribution >= 4 is 22.4 Å². The highest BCUT2D eigenvalue weighted by atomic mass is 32.2. The zero-order valence-corrected chi connectivity index (χ0v) is 18.3. The predicted octanol–water partition coefficient (Wildman–Crippen LogP) is 3.54. The summed E-state index contributed by atoms with van der Waals surface area (Å²) in [4.78, 5) is 12.6. The van der Waals surface area contributed by atoms with Gasteiger partial charge in [0, 0.05) is 13.1 Å². The molecule has 1 fully saturated rings. The predicted molar refractivity (Wildman–Crippen MR) is 118 cm³/mol. The molecule has 1 unspecified atom stereocenters. The van der Waals surface area contributed by atoms with Gasteiger partial charge in [0.15, 0.2) is 0 Å². The van der Waals surface area contributed by atoms with E-state index >= 15 is 0 Å². The number of nitrogens with zero attached hydrogens (tertiary/aromatic N) is 3. The second kappa shape index (κ2) is 7.50. The number of hydrogen-bond donors (Lipinski definition) is 0. The SMILES string of the molecule is Cc1cccc(S(=O)(=O)N2CCC3=Cc4c(cnn4-c4ccc(F)cc4)CC3(C=O)C2)c1. The van der Waals surface area contributed by atoms with E-state index in [0.29, 0.717) is 19.4 Å². The van der Waals surface area contributed by atoms with Gasteiger partial charge in [0.1, 0.15) is 12.1 Å². The summed E-state index contributed by atoms with van der Waals surface area (Å²) in [5, 5.41) is 4.45. The number of sulfonamides is 1. The first-order chi connectivity index (χ1) is 15.3. The minimum Gasteiger partial charge on any atom is -0.302 e. The molecule has 1 aliphatic carbocycles. The van der Waals surface area contributed by atoms with Gasteiger partial charge in [-0.2, -0.15) is 9.40 Å². The number of carbonyl (C=O) groups excluding carboxylic acids is 1. The lowest BCUT2D eigenvalue weighted by molar-refractivity contribution is -0.115. The van der Waals surface area contributed by atoms with Crippen molar-refractivity contribution in [1.82, 2.24) is 14.1 Å². The van der Waals surface area contributed by atoms with Crippen molar-refractivity contribution < 1.29 is 17.6 Å². The Morgan fingerprint density at radius 3 is 2.66 bits per heavy atom. The largest absolute Gasteiger partial charge is 0.302 e. The van der Waals surface area contributed by atoms with Crippen LogP contribution in [0.5, 0.6) is 0 Å². The van der Waals surface area contributed by atoms with Gasteiger partial charge in [-0.3, -0.25) is 0 Å². The Kier molecular flexibility index (Phi) is 4.87. The minimum atomic E-state index is -3.71. The lowest BCUT2D eigenvalue weighted by atomic mass is 9.70. The third-order valence-electron chi connectivity index (χ3n) is 6.36. The van der Waals surface area contributed by atoms with Gasteiger partial charge in [0.25, 0.3) is 0 Å². The third kappa shape index (κ3) is 3.30. The zero-order chi connectivity index (χ0) is 22.5. The van der Waals surface area contributed by atoms with E-state index in [1.807, 2.05) is 19.1 Å². The van der Waals surface area contributed by atoms with Crippen LogP contribution in [0.15, 0.2) is 65.2 Å². The molecular formula is C24H22FN3O3S. The molecule has 164 valence electrons. The van der Waals surface area contributed by atoms with Gasteiger partial charge >= 0.3 is 0 Å². The molecule has 1 aliphatic heterocycles. The molecule has 2 aromatic carbocycles. The summed E-state index contributed by atoms with van der Waals surface area (Å²) in [6.45, 7) is 2.25. The maximum absolute atomic E-state index is 13.3. The maximum atomic E-state index is 13.3. The van der Waals surface area contributed by atoms with Gasteiger partial charge < -0.3 is 4.79 Å². The Balaban J connectivity index is 1.50. The minimum absolute atomic E-state index is 0.0970. The van der Waals surface area contributed by atoms with Gasteiger partial charge in [-0.15, -0.1) is 0 Å². The van der Waals surface area contributed by atoms with Gasteiger partial charge in [-0.1, -0.05) is 17.7 Å². The monoisotopic (exact) mass is 451 g/mol. The molecular weight excluding hydrogens is 429 g/mol. The summed E-state index contributed by atoms with van der Waals surface area (Å²) in [5.74, 6) is -0.324. The van der Waals surface area contributed by atoms with Crippen LogP contribution in [0.25, 0.3) is 11.8 Å². The van der Waals surface area contributed by atoms with Crippen molar-refractivity contribution in [1.29, 1.82) is 0 Å². The van der Waals surface area contributed by atoms with Crippen LogP contribution in [0, 0.1) is 18.2 Å². The Morgan fingerprint density at radius 1 is 1.16 bits per heavy atom. The smallest absolute Gasteiger partial charge is 0.243 e. The molecule has 1 atom stereocenters. The zero-order valence-electron chi connectivity index (χ0n) is 17.5. The fourth-order valence-corrected chi connectivity index (χ4v) is 6.25. The van der Waals surface area contributed by atoms with Crippen molar-refractivity contribution in [2.75, 3.05) is 13.1 Å². The fraction of sp³-hybridized carbons (Fsp3) is 0.250. The number of piperidine rings is 1. The highest BCUT2D eigenvalue weighted by Gasteiger charge is 2.46. The molecule has 3 aromatic rings. The summed E-state index contributed by atoms with van der Waals surface area (Å²) >= 11 is 0. The Morgan fingerprint density at radius 2 is 1.94 bits per heavy atom. The molecule has 1 aromatic heterocycles. The van der Waals surface area contributed by atoms with E-state index in [4.69, 9.17) is 0 Å². The van der Waals surface area contributed by atoms with Crippen LogP contribution in [0.4, 0.5) is 4.39 Å². The first kappa shape index (κ1) is 20.8. The van der Waals surface area contributed by atoms with Crippen LogP contribution >= 0.6 is 0 Å². The molecule has 1 saturated heterocycles. The molecule has 32 heavy (non-hydrogen) atoms. The van der Waals surface area contributed by atoms with E-state index in [2.05, 4.69) is 5.10 Å². The summed E-state index contributed by atoms with van der Waals surface area (Å²) in [5.41, 5.74) is 3.28. The van der Waals surface area contributed by atoms with Crippen molar-refractivity contribution in [3.63, 3.8) is 0 Å². The Labute approximate surface area is 186 Å². The number of hydrogen-bond acceptors (Lipinski definition) is 4. The maximum Gasteiger partial charge on any atom is 0.243 e. The molecule has 0 bridgehead atoms. The normalized spacial score (nSPS) is 20.9. The lowest BCUT2D eigenvalue weighted by Gasteiger charge is -2.42. The average Bonchev–Trinajstić information content (AvgIpc) is 3.19. The number of aryl methyl sites for hydroxylation is 1. The van der Waals surface area contributed by atoms with Crippen LogP contribution in [0.1, 0.15) is 23.2 Å². The molecule has 8 heteroatoms. The second-order valence-electron chi connectivity index (χ2n) is 8.47. The molecule has 0 amide bonds. The lowest BCUT2D eigenvalue weighted by Crippen LogP contribution is -2.50. The molecule has 5 rings (SSSR count). The number of rotatable bonds is 4. The van der Waals surface area contributed by atoms with E-state index in [9.17, 15) is 17.6 Å². The summed E-state index contributed by atoms with van der Waals surface area (Å²) in [6, 6.07) is 12.9. The van der Waals surface area contributed by atoms with Crippen LogP contribution in [-0.2, 0) is 21.2 Å². The van der Waals surface area contributed by atoms with Gasteiger partial charge in [-0.05, 0) is 73.4 Å². The molecule has 0 N–H and O–H groups in total. The van der Waals surface area contributed by atoms with Crippen LogP contribution in [0.3, 0.4) is 0 Å². The molecule has 0 radical (unpaired) electrons. The van der Waals surface area contributed by atoms with Gasteiger partial charge in [0.05, 0.1) is 27.9 Å². The Hall–Kier alpha value is -3.10. The highest BCUT2D eigenvalue weighted by molar-refractivity contribution is 7.89. The molecule has 6 nitrogen and oxygen atoms in total. The number of aromatic nitrogens is 2. The van der Waals surface area contributed by atoms with Crippen LogP contribution in [0.2, 0.25) is 0 Å². The van der Waals surface area contributed by atoms with E-state index in [1.54, 1.807) is 41.2 Å². The fourth-order valence-electron chi connectivity index (χ4n) is 4.63. The number of benzene rings is 2. The van der Waals surface area contributed by atoms with E-state index in [0.717, 1.165) is 34.4 Å². The van der Waals surface area contributed by atoms with Crippen molar-refractivity contribution in [2.45, 2.75) is 24.7 Å². The van der Waals surface area contributed by atoms with Crippen LogP contribution in [-0.4, -0.2) is 41.9 Å². The van der Waals surface area contributed by atoms with E-state index in [-0.39, 0.29) is 17.3 Å². The van der Waals surface area contributed by atoms with Crippen molar-refractivity contribution in [3.05, 3.63) is 82.9 Å². The highest BCUT2D eigenvalue weighted by Crippen LogP contribution is 2.44. The quantitative estimate of drug-likeness (QED) is 0.569. The first-order valence-corrected chi connectivity index (χ1v) is 11.8. The number of carbonyl (C=O) groups is 1. The number of aldehydes is 1. The van der Waals surface area contributed by atoms with Crippen molar-refractivity contribution in [2.24, 2.45) is 5.41 Å². The third-order valence-corrected chi connectivity index (χ3v) is 8.20. The number of fused-ring (bicyclic) bond motifs is 2. The summed E-state index contributed by atoms with van der Waals surface area (Å²) in [7, 11) is -3.71. The van der Waals surface area contributed by atoms with Crippen molar-refractivity contribution in [3.8, 4) is 5.69 Å². The summed E-state index contributed by atoms with van der Waals surface area (Å²) in [6.07, 6.45) is 5.36. The van der Waals surface area contributed by atoms with Gasteiger partial charge in [-0.25, -0.2) is 17.5 Å². The number of halogens is 1. The molecule has 0 saturated carbocycles. The topological polar surface area (TPSA) is 72.3 Å². The molecule has 2 heterocycles. The Bertz CT molecular complexity index is 1350.